The van der Waals surface area contributed by atoms with Gasteiger partial charge in [-0.1, -0.05) is 0 Å². The van der Waals surface area contributed by atoms with Crippen LogP contribution in [0.15, 0.2) is 0 Å². The first kappa shape index (κ1) is 16.4. The van der Waals surface area contributed by atoms with Crippen LogP contribution in [0, 0.1) is 42.9 Å². The zero-order chi connectivity index (χ0) is 17.0. The molecule has 0 atom stereocenters. The summed E-state index contributed by atoms with van der Waals surface area (Å²) in [6, 6.07) is 0. The van der Waals surface area contributed by atoms with Crippen molar-refractivity contribution in [1.29, 1.82) is 0 Å². The Bertz CT molecular complexity index is 941. The third-order valence-electron chi connectivity index (χ3n) is 3.58. The van der Waals surface area contributed by atoms with E-state index in [1.165, 1.54) is 6.92 Å². The molecular weight excluding hydrogens is 406 g/mol. The number of rotatable bonds is 1. The zero-order valence-corrected chi connectivity index (χ0v) is 14.0. The Hall–Kier alpha value is -1.50. The molecule has 23 heavy (non-hydrogen) atoms. The number of aryl methyl sites for hydroxylation is 2. The van der Waals surface area contributed by atoms with Crippen molar-refractivity contribution in [2.45, 2.75) is 13.8 Å². The summed E-state index contributed by atoms with van der Waals surface area (Å²) in [6.07, 6.45) is 0. The van der Waals surface area contributed by atoms with E-state index >= 15 is 0 Å². The predicted molar refractivity (Wildman–Crippen MR) is 76.2 cm³/mol. The average molecular weight is 412 g/mol. The molecule has 0 spiro atoms. The molecule has 0 aliphatic carbocycles. The molecule has 0 saturated heterocycles. The Labute approximate surface area is 138 Å². The Morgan fingerprint density at radius 1 is 0.696 bits per heavy atom. The number of aromatic nitrogens is 2. The van der Waals surface area contributed by atoms with Gasteiger partial charge in [0.2, 0.25) is 0 Å². The fraction of sp³-hybridized carbons (Fsp3) is 0.143. The van der Waals surface area contributed by atoms with Gasteiger partial charge in [0.15, 0.2) is 0 Å². The van der Waals surface area contributed by atoms with Crippen molar-refractivity contribution in [1.82, 2.24) is 7.96 Å². The van der Waals surface area contributed by atoms with Crippen molar-refractivity contribution < 1.29 is 22.0 Å². The molecule has 1 heterocycles. The predicted octanol–water partition coefficient (Wildman–Crippen LogP) is 4.32. The molecule has 0 saturated carbocycles. The number of fused-ring (bicyclic) bond motifs is 1. The minimum atomic E-state index is -2.21. The van der Waals surface area contributed by atoms with Crippen LogP contribution in [-0.2, 0) is 0 Å². The van der Waals surface area contributed by atoms with Gasteiger partial charge in [-0.25, -0.2) is 0 Å². The Kier molecular flexibility index (Phi) is 3.94. The maximum atomic E-state index is 14.1. The van der Waals surface area contributed by atoms with Crippen molar-refractivity contribution in [2.24, 2.45) is 0 Å². The fourth-order valence-corrected chi connectivity index (χ4v) is 4.07. The Morgan fingerprint density at radius 2 is 1.13 bits per heavy atom. The summed E-state index contributed by atoms with van der Waals surface area (Å²) < 4.78 is 76.7. The second-order valence-corrected chi connectivity index (χ2v) is 6.33. The van der Waals surface area contributed by atoms with Crippen LogP contribution in [0.25, 0.3) is 22.2 Å². The summed E-state index contributed by atoms with van der Waals surface area (Å²) in [4.78, 5) is 0. The molecule has 0 aliphatic rings. The second-order valence-electron chi connectivity index (χ2n) is 4.85. The quantitative estimate of drug-likeness (QED) is 0.258. The van der Waals surface area contributed by atoms with E-state index in [1.807, 2.05) is 0 Å². The van der Waals surface area contributed by atoms with Gasteiger partial charge in [0, 0.05) is 0 Å². The molecule has 0 fully saturated rings. The normalized spacial score (nSPS) is 11.5. The van der Waals surface area contributed by atoms with Crippen molar-refractivity contribution in [3.63, 3.8) is 0 Å². The van der Waals surface area contributed by atoms with E-state index in [-0.39, 0.29) is 16.1 Å². The van der Waals surface area contributed by atoms with Crippen molar-refractivity contribution >= 4 is 37.6 Å². The Morgan fingerprint density at radius 3 is 1.65 bits per heavy atom. The van der Waals surface area contributed by atoms with Crippen LogP contribution < -0.4 is 0 Å². The topological polar surface area (TPSA) is 25.8 Å². The molecule has 0 bridgehead atoms. The average Bonchev–Trinajstić information content (AvgIpc) is 3.02. The molecule has 3 aromatic rings. The van der Waals surface area contributed by atoms with E-state index in [1.54, 1.807) is 6.92 Å². The van der Waals surface area contributed by atoms with Gasteiger partial charge in [0.25, 0.3) is 0 Å². The Balaban J connectivity index is 2.53. The molecule has 0 unspecified atom stereocenters. The van der Waals surface area contributed by atoms with E-state index in [2.05, 4.69) is 7.96 Å². The van der Waals surface area contributed by atoms with Crippen LogP contribution in [0.1, 0.15) is 11.1 Å². The van der Waals surface area contributed by atoms with E-state index in [9.17, 15) is 22.0 Å². The zero-order valence-electron chi connectivity index (χ0n) is 11.6. The van der Waals surface area contributed by atoms with Crippen LogP contribution in [-0.4, -0.2) is 22.9 Å². The summed E-state index contributed by atoms with van der Waals surface area (Å²) >= 11 is 5.70. The molecule has 120 valence electrons. The van der Waals surface area contributed by atoms with Crippen LogP contribution in [0.5, 0.6) is 0 Å². The number of halogens is 6. The van der Waals surface area contributed by atoms with Crippen LogP contribution in [0.2, 0.25) is 5.02 Å². The molecule has 0 N–H and O–H groups in total. The third-order valence-corrected chi connectivity index (χ3v) is 5.16. The third kappa shape index (κ3) is 2.20. The number of hydrogen-bond acceptors (Lipinski definition) is 2. The van der Waals surface area contributed by atoms with Gasteiger partial charge in [-0.3, -0.25) is 0 Å². The summed E-state index contributed by atoms with van der Waals surface area (Å²) in [5.74, 6) is -10.1. The molecule has 9 heteroatoms. The first-order valence-electron chi connectivity index (χ1n) is 6.20. The van der Waals surface area contributed by atoms with Crippen molar-refractivity contribution in [2.75, 3.05) is 0 Å². The molecular formula is C14H6ClF5N2Se. The van der Waals surface area contributed by atoms with Gasteiger partial charge in [-0.2, -0.15) is 0 Å². The molecule has 0 radical (unpaired) electrons. The first-order valence-corrected chi connectivity index (χ1v) is 8.11. The summed E-state index contributed by atoms with van der Waals surface area (Å²) in [6.45, 7) is 3.01. The number of hydrogen-bond donors (Lipinski definition) is 0. The standard InChI is InChI=1S/C14H6ClF5N2Se/c1-3-5(7(15)4(2)14-13(3)21-23-22-14)6-8(16)10(18)12(20)11(19)9(6)17/h1-2H3. The number of benzene rings is 2. The monoisotopic (exact) mass is 412 g/mol. The van der Waals surface area contributed by atoms with E-state index in [4.69, 9.17) is 11.6 Å². The van der Waals surface area contributed by atoms with Gasteiger partial charge in [0.1, 0.15) is 0 Å². The first-order chi connectivity index (χ1) is 10.8. The van der Waals surface area contributed by atoms with Gasteiger partial charge < -0.3 is 0 Å². The van der Waals surface area contributed by atoms with Gasteiger partial charge in [-0.05, 0) is 0 Å². The van der Waals surface area contributed by atoms with E-state index in [0.717, 1.165) is 0 Å². The SMILES string of the molecule is Cc1c(Cl)c(-c2c(F)c(F)c(F)c(F)c2F)c(C)c2n[se]nc12. The molecule has 0 aliphatic heterocycles. The van der Waals surface area contributed by atoms with E-state index < -0.39 is 49.6 Å². The van der Waals surface area contributed by atoms with Crippen LogP contribution in [0.3, 0.4) is 0 Å². The van der Waals surface area contributed by atoms with Crippen molar-refractivity contribution in [3.8, 4) is 11.1 Å². The van der Waals surface area contributed by atoms with E-state index in [0.29, 0.717) is 16.6 Å². The van der Waals surface area contributed by atoms with Crippen LogP contribution in [0.4, 0.5) is 22.0 Å². The summed E-state index contributed by atoms with van der Waals surface area (Å²) in [5, 5.41) is -0.110. The molecule has 2 aromatic carbocycles. The van der Waals surface area contributed by atoms with Gasteiger partial charge in [-0.15, -0.1) is 0 Å². The molecule has 2 nitrogen and oxygen atoms in total. The molecule has 3 rings (SSSR count). The van der Waals surface area contributed by atoms with Crippen molar-refractivity contribution in [3.05, 3.63) is 45.2 Å². The molecule has 1 aromatic heterocycles. The maximum absolute atomic E-state index is 14.1. The van der Waals surface area contributed by atoms with Gasteiger partial charge in [0.05, 0.1) is 0 Å². The van der Waals surface area contributed by atoms with Gasteiger partial charge >= 0.3 is 138 Å². The van der Waals surface area contributed by atoms with Crippen LogP contribution >= 0.6 is 11.6 Å². The summed E-state index contributed by atoms with van der Waals surface area (Å²) in [7, 11) is 0. The second kappa shape index (κ2) is 5.54. The minimum absolute atomic E-state index is 0.110. The summed E-state index contributed by atoms with van der Waals surface area (Å²) in [5.41, 5.74) is 0.152. The fourth-order valence-electron chi connectivity index (χ4n) is 2.38. The number of nitrogens with zero attached hydrogens (tertiary/aromatic N) is 2. The molecule has 0 amide bonds.